The zero-order valence-corrected chi connectivity index (χ0v) is 19.7. The number of aromatic nitrogens is 1. The van der Waals surface area contributed by atoms with Gasteiger partial charge in [0.05, 0.1) is 22.2 Å². The molecule has 0 fully saturated rings. The smallest absolute Gasteiger partial charge is 0.338 e. The summed E-state index contributed by atoms with van der Waals surface area (Å²) in [5.74, 6) is -0.489. The van der Waals surface area contributed by atoms with Crippen LogP contribution in [0.15, 0.2) is 72.8 Å². The van der Waals surface area contributed by atoms with Crippen molar-refractivity contribution in [3.63, 3.8) is 0 Å². The zero-order valence-electron chi connectivity index (χ0n) is 18.9. The second kappa shape index (κ2) is 9.55. The van der Waals surface area contributed by atoms with E-state index in [2.05, 4.69) is 23.5 Å². The molecule has 0 aliphatic rings. The van der Waals surface area contributed by atoms with E-state index in [-0.39, 0.29) is 18.3 Å². The number of rotatable bonds is 6. The lowest BCUT2D eigenvalue weighted by Gasteiger charge is -2.19. The molecular weight excluding hydrogens is 432 g/mol. The molecular formula is C27H26N2O3S. The predicted octanol–water partition coefficient (Wildman–Crippen LogP) is 5.78. The van der Waals surface area contributed by atoms with Gasteiger partial charge in [0.25, 0.3) is 0 Å². The van der Waals surface area contributed by atoms with E-state index in [1.54, 1.807) is 18.2 Å². The number of ether oxygens (including phenoxy) is 1. The zero-order chi connectivity index (χ0) is 23.4. The summed E-state index contributed by atoms with van der Waals surface area (Å²) in [6.45, 7) is 5.83. The summed E-state index contributed by atoms with van der Waals surface area (Å²) in [6.07, 6.45) is 0.208. The van der Waals surface area contributed by atoms with Gasteiger partial charge in [-0.05, 0) is 50.1 Å². The number of para-hydroxylation sites is 1. The Morgan fingerprint density at radius 2 is 1.73 bits per heavy atom. The van der Waals surface area contributed by atoms with E-state index in [0.29, 0.717) is 12.1 Å². The van der Waals surface area contributed by atoms with Crippen LogP contribution >= 0.6 is 11.3 Å². The third-order valence-electron chi connectivity index (χ3n) is 4.91. The molecule has 5 nitrogen and oxygen atoms in total. The topological polar surface area (TPSA) is 68.3 Å². The van der Waals surface area contributed by atoms with Gasteiger partial charge in [0.2, 0.25) is 5.91 Å². The molecule has 1 heterocycles. The van der Waals surface area contributed by atoms with Crippen molar-refractivity contribution in [3.05, 3.63) is 88.9 Å². The monoisotopic (exact) mass is 458 g/mol. The normalized spacial score (nSPS) is 11.4. The molecule has 1 amide bonds. The molecule has 4 rings (SSSR count). The quantitative estimate of drug-likeness (QED) is 0.372. The lowest BCUT2D eigenvalue weighted by atomic mass is 10.0. The van der Waals surface area contributed by atoms with Crippen LogP contribution in [-0.2, 0) is 22.5 Å². The van der Waals surface area contributed by atoms with E-state index in [1.165, 1.54) is 11.3 Å². The Bertz CT molecular complexity index is 1290. The molecule has 0 atom stereocenters. The van der Waals surface area contributed by atoms with Crippen LogP contribution in [0.1, 0.15) is 41.7 Å². The van der Waals surface area contributed by atoms with Crippen LogP contribution in [0.25, 0.3) is 21.3 Å². The van der Waals surface area contributed by atoms with Crippen LogP contribution in [-0.4, -0.2) is 22.5 Å². The van der Waals surface area contributed by atoms with Crippen LogP contribution in [0, 0.1) is 0 Å². The second-order valence-corrected chi connectivity index (χ2v) is 9.90. The van der Waals surface area contributed by atoms with Gasteiger partial charge >= 0.3 is 5.97 Å². The molecule has 33 heavy (non-hydrogen) atoms. The molecule has 0 bridgehead atoms. The maximum Gasteiger partial charge on any atom is 0.338 e. The molecule has 0 aliphatic heterocycles. The van der Waals surface area contributed by atoms with Gasteiger partial charge in [0.1, 0.15) is 10.6 Å². The van der Waals surface area contributed by atoms with Crippen molar-refractivity contribution in [2.45, 2.75) is 39.3 Å². The molecule has 0 radical (unpaired) electrons. The standard InChI is InChI=1S/C27H26N2O3S/c1-27(2,3)32-26(31)20-12-7-9-18(15-20)17-28-23(30)16-24-29-25-21(13-8-14-22(25)33-24)19-10-5-4-6-11-19/h4-15H,16-17H2,1-3H3,(H,28,30). The molecule has 0 unspecified atom stereocenters. The number of hydrogen-bond donors (Lipinski definition) is 1. The average molecular weight is 459 g/mol. The second-order valence-electron chi connectivity index (χ2n) is 8.78. The van der Waals surface area contributed by atoms with Crippen LogP contribution in [0.2, 0.25) is 0 Å². The molecule has 0 aliphatic carbocycles. The number of nitrogens with one attached hydrogen (secondary N) is 1. The molecule has 168 valence electrons. The summed E-state index contributed by atoms with van der Waals surface area (Å²) in [5, 5.41) is 3.70. The first kappa shape index (κ1) is 22.7. The first-order chi connectivity index (χ1) is 15.8. The maximum atomic E-state index is 12.6. The van der Waals surface area contributed by atoms with E-state index in [4.69, 9.17) is 9.72 Å². The number of thiazole rings is 1. The molecule has 1 aromatic heterocycles. The third-order valence-corrected chi connectivity index (χ3v) is 5.93. The summed E-state index contributed by atoms with van der Waals surface area (Å²) >= 11 is 1.53. The Morgan fingerprint density at radius 3 is 2.48 bits per heavy atom. The highest BCUT2D eigenvalue weighted by atomic mass is 32.1. The summed E-state index contributed by atoms with van der Waals surface area (Å²) in [4.78, 5) is 29.6. The minimum atomic E-state index is -0.557. The number of hydrogen-bond acceptors (Lipinski definition) is 5. The predicted molar refractivity (Wildman–Crippen MR) is 132 cm³/mol. The SMILES string of the molecule is CC(C)(C)OC(=O)c1cccc(CNC(=O)Cc2nc3c(-c4ccccc4)cccc3s2)c1. The minimum Gasteiger partial charge on any atom is -0.456 e. The Hall–Kier alpha value is -3.51. The molecule has 0 saturated carbocycles. The van der Waals surface area contributed by atoms with E-state index in [9.17, 15) is 9.59 Å². The lowest BCUT2D eigenvalue weighted by Crippen LogP contribution is -2.25. The Balaban J connectivity index is 1.42. The average Bonchev–Trinajstić information content (AvgIpc) is 3.19. The minimum absolute atomic E-state index is 0.113. The Labute approximate surface area is 197 Å². The lowest BCUT2D eigenvalue weighted by molar-refractivity contribution is -0.120. The number of amides is 1. The van der Waals surface area contributed by atoms with Gasteiger partial charge in [-0.2, -0.15) is 0 Å². The van der Waals surface area contributed by atoms with E-state index < -0.39 is 5.60 Å². The Kier molecular flexibility index (Phi) is 6.56. The largest absolute Gasteiger partial charge is 0.456 e. The first-order valence-electron chi connectivity index (χ1n) is 10.8. The van der Waals surface area contributed by atoms with Gasteiger partial charge in [-0.1, -0.05) is 54.6 Å². The van der Waals surface area contributed by atoms with Gasteiger partial charge in [0.15, 0.2) is 0 Å². The number of nitrogens with zero attached hydrogens (tertiary/aromatic N) is 1. The molecule has 3 aromatic carbocycles. The summed E-state index contributed by atoms with van der Waals surface area (Å²) in [5.41, 5.74) is 3.84. The number of carbonyl (C=O) groups is 2. The van der Waals surface area contributed by atoms with Crippen LogP contribution in [0.5, 0.6) is 0 Å². The van der Waals surface area contributed by atoms with Gasteiger partial charge in [-0.15, -0.1) is 11.3 Å². The maximum absolute atomic E-state index is 12.6. The summed E-state index contributed by atoms with van der Waals surface area (Å²) in [7, 11) is 0. The van der Waals surface area contributed by atoms with Crippen molar-refractivity contribution in [2.75, 3.05) is 0 Å². The van der Waals surface area contributed by atoms with E-state index in [0.717, 1.165) is 31.9 Å². The highest BCUT2D eigenvalue weighted by Gasteiger charge is 2.18. The van der Waals surface area contributed by atoms with Crippen molar-refractivity contribution >= 4 is 33.4 Å². The van der Waals surface area contributed by atoms with E-state index in [1.807, 2.05) is 57.2 Å². The molecule has 4 aromatic rings. The number of carbonyl (C=O) groups excluding carboxylic acids is 2. The number of esters is 1. The van der Waals surface area contributed by atoms with Gasteiger partial charge < -0.3 is 10.1 Å². The van der Waals surface area contributed by atoms with E-state index >= 15 is 0 Å². The van der Waals surface area contributed by atoms with Crippen LogP contribution < -0.4 is 5.32 Å². The molecule has 0 spiro atoms. The molecule has 1 N–H and O–H groups in total. The Morgan fingerprint density at radius 1 is 0.970 bits per heavy atom. The van der Waals surface area contributed by atoms with Crippen molar-refractivity contribution in [3.8, 4) is 11.1 Å². The fourth-order valence-electron chi connectivity index (χ4n) is 3.47. The first-order valence-corrected chi connectivity index (χ1v) is 11.6. The molecule has 6 heteroatoms. The molecule has 0 saturated heterocycles. The van der Waals surface area contributed by atoms with Crippen LogP contribution in [0.4, 0.5) is 0 Å². The van der Waals surface area contributed by atoms with Gasteiger partial charge in [-0.25, -0.2) is 9.78 Å². The highest BCUT2D eigenvalue weighted by Crippen LogP contribution is 2.31. The van der Waals surface area contributed by atoms with Gasteiger partial charge in [-0.3, -0.25) is 4.79 Å². The van der Waals surface area contributed by atoms with Crippen molar-refractivity contribution in [2.24, 2.45) is 0 Å². The number of benzene rings is 3. The van der Waals surface area contributed by atoms with Crippen molar-refractivity contribution < 1.29 is 14.3 Å². The summed E-state index contributed by atoms with van der Waals surface area (Å²) < 4.78 is 6.48. The summed E-state index contributed by atoms with van der Waals surface area (Å²) in [6, 6.07) is 23.4. The third kappa shape index (κ3) is 5.84. The van der Waals surface area contributed by atoms with Gasteiger partial charge in [0, 0.05) is 12.1 Å². The number of fused-ring (bicyclic) bond motifs is 1. The van der Waals surface area contributed by atoms with Crippen LogP contribution in [0.3, 0.4) is 0 Å². The highest BCUT2D eigenvalue weighted by molar-refractivity contribution is 7.18. The van der Waals surface area contributed by atoms with Crippen molar-refractivity contribution in [1.29, 1.82) is 0 Å². The van der Waals surface area contributed by atoms with Crippen molar-refractivity contribution in [1.82, 2.24) is 10.3 Å². The fraction of sp³-hybridized carbons (Fsp3) is 0.222. The fourth-order valence-corrected chi connectivity index (χ4v) is 4.46.